The Hall–Kier alpha value is -0.0566. The Morgan fingerprint density at radius 1 is 0.765 bits per heavy atom. The summed E-state index contributed by atoms with van der Waals surface area (Å²) in [5, 5.41) is 1.06. The van der Waals surface area contributed by atoms with Crippen LogP contribution in [0, 0.1) is 12.4 Å². The summed E-state index contributed by atoms with van der Waals surface area (Å²) in [5.74, 6) is 0. The van der Waals surface area contributed by atoms with Gasteiger partial charge in [0.05, 0.1) is 0 Å². The maximum Gasteiger partial charge on any atom is 2.00 e. The van der Waals surface area contributed by atoms with Crippen LogP contribution in [0.3, 0.4) is 0 Å². The molecule has 0 spiro atoms. The Labute approximate surface area is 130 Å². The first-order valence-corrected chi connectivity index (χ1v) is 5.20. The van der Waals surface area contributed by atoms with E-state index in [0.717, 1.165) is 0 Å². The Morgan fingerprint density at radius 3 is 1.29 bits per heavy atom. The van der Waals surface area contributed by atoms with E-state index in [9.17, 15) is 0 Å². The van der Waals surface area contributed by atoms with E-state index in [1.54, 1.807) is 0 Å². The van der Waals surface area contributed by atoms with Crippen molar-refractivity contribution in [1.82, 2.24) is 19.9 Å². The zero-order chi connectivity index (χ0) is 12.0. The average Bonchev–Trinajstić information content (AvgIpc) is 2.28. The molecule has 0 saturated carbocycles. The molecule has 0 bridgehead atoms. The minimum atomic E-state index is 0. The fourth-order valence-electron chi connectivity index (χ4n) is 0.534. The molecule has 2 aromatic heterocycles. The topological polar surface area (TPSA) is 51.6 Å². The summed E-state index contributed by atoms with van der Waals surface area (Å²) in [7, 11) is 0. The smallest absolute Gasteiger partial charge is 0.358 e. The van der Waals surface area contributed by atoms with Crippen molar-refractivity contribution >= 4 is 46.4 Å². The molecule has 4 nitrogen and oxygen atoms in total. The summed E-state index contributed by atoms with van der Waals surface area (Å²) in [4.78, 5) is 14.1. The van der Waals surface area contributed by atoms with Gasteiger partial charge >= 0.3 is 19.5 Å². The first-order chi connectivity index (χ1) is 7.58. The third kappa shape index (κ3) is 7.79. The van der Waals surface area contributed by atoms with Gasteiger partial charge in [0.15, 0.2) is 0 Å². The summed E-state index contributed by atoms with van der Waals surface area (Å²) in [6, 6.07) is 0. The first-order valence-electron chi connectivity index (χ1n) is 3.69. The zero-order valence-corrected chi connectivity index (χ0v) is 14.2. The van der Waals surface area contributed by atoms with Crippen molar-refractivity contribution in [2.24, 2.45) is 0 Å². The molecule has 84 valence electrons. The van der Waals surface area contributed by atoms with Crippen LogP contribution in [0.2, 0.25) is 20.6 Å². The molecule has 0 amide bonds. The molecule has 0 unspecified atom stereocenters. The second-order valence-corrected chi connectivity index (χ2v) is 3.69. The summed E-state index contributed by atoms with van der Waals surface area (Å²) >= 11 is 21.3. The minimum absolute atomic E-state index is 0. The first kappa shape index (κ1) is 16.9. The van der Waals surface area contributed by atoms with Crippen molar-refractivity contribution < 1.29 is 19.5 Å². The van der Waals surface area contributed by atoms with Crippen molar-refractivity contribution in [2.75, 3.05) is 0 Å². The third-order valence-corrected chi connectivity index (χ3v) is 1.81. The molecule has 0 fully saturated rings. The van der Waals surface area contributed by atoms with Crippen molar-refractivity contribution in [3.63, 3.8) is 0 Å². The monoisotopic (exact) mass is 358 g/mol. The van der Waals surface area contributed by atoms with Gasteiger partial charge < -0.3 is 19.9 Å². The van der Waals surface area contributed by atoms with Gasteiger partial charge in [0.2, 0.25) is 0 Å². The Bertz CT molecular complexity index is 351. The number of nitrogens with zero attached hydrogens (tertiary/aromatic N) is 4. The largest absolute Gasteiger partial charge is 2.00 e. The molecule has 0 aromatic carbocycles. The molecule has 2 aromatic rings. The summed E-state index contributed by atoms with van der Waals surface area (Å²) in [5.41, 5.74) is 0. The summed E-state index contributed by atoms with van der Waals surface area (Å²) in [6.45, 7) is 0. The van der Waals surface area contributed by atoms with E-state index >= 15 is 0 Å². The van der Waals surface area contributed by atoms with E-state index < -0.39 is 0 Å². The number of hydrogen-bond acceptors (Lipinski definition) is 4. The van der Waals surface area contributed by atoms with E-state index in [2.05, 4.69) is 32.3 Å². The van der Waals surface area contributed by atoms with Gasteiger partial charge in [-0.15, -0.1) is 46.4 Å². The quantitative estimate of drug-likeness (QED) is 0.411. The molecule has 2 heterocycles. The number of hydrogen-bond donors (Lipinski definition) is 0. The molecule has 17 heavy (non-hydrogen) atoms. The Morgan fingerprint density at radius 2 is 1.12 bits per heavy atom. The molecular weight excluding hydrogens is 359 g/mol. The van der Waals surface area contributed by atoms with E-state index in [1.807, 2.05) is 0 Å². The minimum Gasteiger partial charge on any atom is -0.358 e. The molecule has 0 aliphatic rings. The van der Waals surface area contributed by atoms with Crippen LogP contribution >= 0.6 is 46.4 Å². The van der Waals surface area contributed by atoms with Gasteiger partial charge in [0.25, 0.3) is 0 Å². The van der Waals surface area contributed by atoms with Crippen molar-refractivity contribution in [2.45, 2.75) is 0 Å². The molecule has 0 atom stereocenters. The predicted molar refractivity (Wildman–Crippen MR) is 61.8 cm³/mol. The van der Waals surface area contributed by atoms with Gasteiger partial charge in [-0.2, -0.15) is 0 Å². The Kier molecular flexibility index (Phi) is 8.92. The van der Waals surface area contributed by atoms with E-state index in [-0.39, 0.29) is 30.0 Å². The molecule has 0 saturated heterocycles. The molecule has 0 radical (unpaired) electrons. The maximum absolute atomic E-state index is 5.37. The zero-order valence-electron chi connectivity index (χ0n) is 8.16. The van der Waals surface area contributed by atoms with Crippen LogP contribution in [0.15, 0.2) is 12.4 Å². The van der Waals surface area contributed by atoms with E-state index in [1.165, 1.54) is 12.4 Å². The summed E-state index contributed by atoms with van der Waals surface area (Å²) < 4.78 is 0. The van der Waals surface area contributed by atoms with Crippen LogP contribution in [0.5, 0.6) is 0 Å². The molecule has 0 aliphatic carbocycles. The van der Waals surface area contributed by atoms with Gasteiger partial charge in [-0.1, -0.05) is 24.8 Å². The van der Waals surface area contributed by atoms with Gasteiger partial charge in [-0.05, 0) is 10.0 Å². The van der Waals surface area contributed by atoms with E-state index in [0.29, 0.717) is 10.0 Å². The predicted octanol–water partition coefficient (Wildman–Crippen LogP) is 3.16. The molecular formula is C8H2Cl4N4Zn. The number of aromatic nitrogens is 4. The van der Waals surface area contributed by atoms with Crippen LogP contribution in [0.1, 0.15) is 0 Å². The van der Waals surface area contributed by atoms with Crippen molar-refractivity contribution in [3.8, 4) is 0 Å². The van der Waals surface area contributed by atoms with Crippen LogP contribution in [-0.4, -0.2) is 19.9 Å². The second-order valence-electron chi connectivity index (χ2n) is 2.20. The molecule has 0 N–H and O–H groups in total. The van der Waals surface area contributed by atoms with Crippen molar-refractivity contribution in [3.05, 3.63) is 45.4 Å². The maximum atomic E-state index is 5.37. The van der Waals surface area contributed by atoms with Gasteiger partial charge in [-0.25, -0.2) is 0 Å². The third-order valence-electron chi connectivity index (χ3n) is 1.08. The second kappa shape index (κ2) is 8.95. The normalized spacial score (nSPS) is 8.71. The number of halogens is 4. The van der Waals surface area contributed by atoms with Crippen LogP contribution in [0.25, 0.3) is 0 Å². The standard InChI is InChI=1S/2C4HCl2N2.Zn/c2*5-3-1-7-4(6)8-2-3;/h2*1H;/q2*-1;+2. The van der Waals surface area contributed by atoms with Crippen LogP contribution in [-0.2, 0) is 19.5 Å². The SMILES string of the molecule is Clc1[c-]nc(Cl)nc1.Clc1[c-]nc(Cl)nc1.[Zn+2]. The van der Waals surface area contributed by atoms with E-state index in [4.69, 9.17) is 46.4 Å². The van der Waals surface area contributed by atoms with Crippen molar-refractivity contribution in [1.29, 1.82) is 0 Å². The number of rotatable bonds is 0. The van der Waals surface area contributed by atoms with Crippen LogP contribution in [0.4, 0.5) is 0 Å². The van der Waals surface area contributed by atoms with Gasteiger partial charge in [0.1, 0.15) is 10.6 Å². The fraction of sp³-hybridized carbons (Fsp3) is 0. The average molecular weight is 361 g/mol. The fourth-order valence-corrected chi connectivity index (χ4v) is 0.899. The molecule has 9 heteroatoms. The Balaban J connectivity index is 0.000000284. The summed E-state index contributed by atoms with van der Waals surface area (Å²) in [6.07, 6.45) is 7.61. The molecule has 2 rings (SSSR count). The van der Waals surface area contributed by atoms with Gasteiger partial charge in [0, 0.05) is 0 Å². The van der Waals surface area contributed by atoms with Gasteiger partial charge in [-0.3, -0.25) is 0 Å². The van der Waals surface area contributed by atoms with Crippen LogP contribution < -0.4 is 0 Å². The molecule has 0 aliphatic heterocycles.